The van der Waals surface area contributed by atoms with Crippen LogP contribution in [0.5, 0.6) is 0 Å². The summed E-state index contributed by atoms with van der Waals surface area (Å²) in [5.41, 5.74) is 2.84. The molecule has 4 aromatic rings. The van der Waals surface area contributed by atoms with Crippen LogP contribution in [0.15, 0.2) is 82.6 Å². The van der Waals surface area contributed by atoms with Gasteiger partial charge in [-0.3, -0.25) is 9.36 Å². The molecule has 0 radical (unpaired) electrons. The number of hydrogen-bond acceptors (Lipinski definition) is 5. The van der Waals surface area contributed by atoms with Gasteiger partial charge in [0.05, 0.1) is 18.6 Å². The highest BCUT2D eigenvalue weighted by Crippen LogP contribution is 2.26. The zero-order valence-electron chi connectivity index (χ0n) is 15.4. The second kappa shape index (κ2) is 8.27. The van der Waals surface area contributed by atoms with E-state index in [1.54, 1.807) is 6.26 Å². The maximum Gasteiger partial charge on any atom is 0.192 e. The molecule has 5 nitrogen and oxygen atoms in total. The van der Waals surface area contributed by atoms with Crippen LogP contribution in [0.3, 0.4) is 0 Å². The Morgan fingerprint density at radius 2 is 1.89 bits per heavy atom. The molecule has 0 atom stereocenters. The SMILES string of the molecule is Cc1cccc(-c2nnc(SCC(=O)c3ccccc3)n2Cc2ccco2)c1. The third kappa shape index (κ3) is 4.07. The molecule has 2 aromatic heterocycles. The Morgan fingerprint density at radius 3 is 2.64 bits per heavy atom. The van der Waals surface area contributed by atoms with Crippen LogP contribution in [-0.4, -0.2) is 26.3 Å². The van der Waals surface area contributed by atoms with E-state index in [1.165, 1.54) is 11.8 Å². The van der Waals surface area contributed by atoms with Gasteiger partial charge in [-0.1, -0.05) is 65.9 Å². The van der Waals surface area contributed by atoms with Crippen molar-refractivity contribution in [3.63, 3.8) is 0 Å². The van der Waals surface area contributed by atoms with Crippen LogP contribution in [0.4, 0.5) is 0 Å². The van der Waals surface area contributed by atoms with Gasteiger partial charge in [-0.25, -0.2) is 0 Å². The van der Waals surface area contributed by atoms with Crippen molar-refractivity contribution in [1.82, 2.24) is 14.8 Å². The maximum atomic E-state index is 12.5. The first-order valence-corrected chi connectivity index (χ1v) is 9.93. The number of carbonyl (C=O) groups excluding carboxylic acids is 1. The molecular formula is C22H19N3O2S. The quantitative estimate of drug-likeness (QED) is 0.333. The number of thioether (sulfide) groups is 1. The van der Waals surface area contributed by atoms with Gasteiger partial charge in [0.1, 0.15) is 5.76 Å². The van der Waals surface area contributed by atoms with E-state index in [4.69, 9.17) is 4.42 Å². The van der Waals surface area contributed by atoms with Crippen LogP contribution in [0.1, 0.15) is 21.7 Å². The third-order valence-electron chi connectivity index (χ3n) is 4.32. The molecule has 140 valence electrons. The molecule has 0 N–H and O–H groups in total. The fourth-order valence-electron chi connectivity index (χ4n) is 2.93. The largest absolute Gasteiger partial charge is 0.467 e. The van der Waals surface area contributed by atoms with Crippen molar-refractivity contribution in [2.45, 2.75) is 18.6 Å². The summed E-state index contributed by atoms with van der Waals surface area (Å²) >= 11 is 1.39. The first kappa shape index (κ1) is 18.3. The van der Waals surface area contributed by atoms with Crippen molar-refractivity contribution in [3.8, 4) is 11.4 Å². The number of furan rings is 1. The molecular weight excluding hydrogens is 370 g/mol. The number of hydrogen-bond donors (Lipinski definition) is 0. The van der Waals surface area contributed by atoms with Crippen molar-refractivity contribution < 1.29 is 9.21 Å². The maximum absolute atomic E-state index is 12.5. The first-order valence-electron chi connectivity index (χ1n) is 8.94. The van der Waals surface area contributed by atoms with Crippen LogP contribution in [0.2, 0.25) is 0 Å². The first-order chi connectivity index (χ1) is 13.7. The summed E-state index contributed by atoms with van der Waals surface area (Å²) in [6, 6.07) is 21.2. The number of nitrogens with zero attached hydrogens (tertiary/aromatic N) is 3. The van der Waals surface area contributed by atoms with Crippen LogP contribution < -0.4 is 0 Å². The zero-order valence-corrected chi connectivity index (χ0v) is 16.2. The van der Waals surface area contributed by atoms with Crippen LogP contribution in [0.25, 0.3) is 11.4 Å². The summed E-state index contributed by atoms with van der Waals surface area (Å²) in [5.74, 6) is 1.93. The fourth-order valence-corrected chi connectivity index (χ4v) is 3.76. The lowest BCUT2D eigenvalue weighted by Gasteiger charge is -2.09. The van der Waals surface area contributed by atoms with E-state index in [0.29, 0.717) is 23.0 Å². The van der Waals surface area contributed by atoms with Gasteiger partial charge in [-0.05, 0) is 25.1 Å². The van der Waals surface area contributed by atoms with E-state index in [9.17, 15) is 4.79 Å². The third-order valence-corrected chi connectivity index (χ3v) is 5.28. The highest BCUT2D eigenvalue weighted by molar-refractivity contribution is 7.99. The Kier molecular flexibility index (Phi) is 5.39. The molecule has 28 heavy (non-hydrogen) atoms. The van der Waals surface area contributed by atoms with Gasteiger partial charge in [0.15, 0.2) is 16.8 Å². The van der Waals surface area contributed by atoms with Crippen LogP contribution in [0, 0.1) is 6.92 Å². The topological polar surface area (TPSA) is 60.9 Å². The minimum Gasteiger partial charge on any atom is -0.467 e. The molecule has 0 aliphatic carbocycles. The van der Waals surface area contributed by atoms with Crippen molar-refractivity contribution in [2.24, 2.45) is 0 Å². The summed E-state index contributed by atoms with van der Waals surface area (Å²) in [5, 5.41) is 9.44. The van der Waals surface area contributed by atoms with Crippen LogP contribution >= 0.6 is 11.8 Å². The number of aromatic nitrogens is 3. The van der Waals surface area contributed by atoms with Crippen molar-refractivity contribution in [3.05, 3.63) is 89.9 Å². The highest BCUT2D eigenvalue weighted by Gasteiger charge is 2.17. The summed E-state index contributed by atoms with van der Waals surface area (Å²) in [4.78, 5) is 12.5. The number of rotatable bonds is 7. The predicted octanol–water partition coefficient (Wildman–Crippen LogP) is 4.87. The van der Waals surface area contributed by atoms with E-state index in [2.05, 4.69) is 16.3 Å². The lowest BCUT2D eigenvalue weighted by atomic mass is 10.1. The summed E-state index contributed by atoms with van der Waals surface area (Å²) in [6.07, 6.45) is 1.65. The molecule has 0 saturated heterocycles. The lowest BCUT2D eigenvalue weighted by Crippen LogP contribution is -2.06. The molecule has 0 unspecified atom stereocenters. The minimum atomic E-state index is 0.0651. The monoisotopic (exact) mass is 389 g/mol. The second-order valence-corrected chi connectivity index (χ2v) is 7.36. The molecule has 0 amide bonds. The summed E-state index contributed by atoms with van der Waals surface area (Å²) < 4.78 is 7.52. The minimum absolute atomic E-state index is 0.0651. The average molecular weight is 389 g/mol. The molecule has 4 rings (SSSR count). The molecule has 0 saturated carbocycles. The van der Waals surface area contributed by atoms with Gasteiger partial charge in [-0.15, -0.1) is 10.2 Å². The van der Waals surface area contributed by atoms with Crippen molar-refractivity contribution in [2.75, 3.05) is 5.75 Å². The van der Waals surface area contributed by atoms with Gasteiger partial charge in [0.2, 0.25) is 0 Å². The van der Waals surface area contributed by atoms with Gasteiger partial charge in [-0.2, -0.15) is 0 Å². The number of Topliss-reactive ketones (excluding diaryl/α,β-unsaturated/α-hetero) is 1. The Bertz CT molecular complexity index is 1070. The Balaban J connectivity index is 1.62. The normalized spacial score (nSPS) is 10.9. The Labute approximate surface area is 167 Å². The van der Waals surface area contributed by atoms with Crippen molar-refractivity contribution in [1.29, 1.82) is 0 Å². The van der Waals surface area contributed by atoms with E-state index >= 15 is 0 Å². The smallest absolute Gasteiger partial charge is 0.192 e. The molecule has 0 aliphatic heterocycles. The second-order valence-electron chi connectivity index (χ2n) is 6.42. The number of benzene rings is 2. The molecule has 2 aromatic carbocycles. The van der Waals surface area contributed by atoms with Gasteiger partial charge < -0.3 is 4.42 Å². The van der Waals surface area contributed by atoms with Gasteiger partial charge in [0, 0.05) is 11.1 Å². The molecule has 0 aliphatic rings. The van der Waals surface area contributed by atoms with Gasteiger partial charge in [0.25, 0.3) is 0 Å². The summed E-state index contributed by atoms with van der Waals surface area (Å²) in [6.45, 7) is 2.55. The predicted molar refractivity (Wildman–Crippen MR) is 110 cm³/mol. The lowest BCUT2D eigenvalue weighted by molar-refractivity contribution is 0.102. The Morgan fingerprint density at radius 1 is 1.04 bits per heavy atom. The average Bonchev–Trinajstić information content (AvgIpc) is 3.37. The fraction of sp³-hybridized carbons (Fsp3) is 0.136. The molecule has 0 fully saturated rings. The van der Waals surface area contributed by atoms with Crippen molar-refractivity contribution >= 4 is 17.5 Å². The van der Waals surface area contributed by atoms with E-state index < -0.39 is 0 Å². The molecule has 2 heterocycles. The zero-order chi connectivity index (χ0) is 19.3. The molecule has 0 bridgehead atoms. The Hall–Kier alpha value is -3.12. The summed E-state index contributed by atoms with van der Waals surface area (Å²) in [7, 11) is 0. The number of ketones is 1. The van der Waals surface area contributed by atoms with Crippen LogP contribution in [-0.2, 0) is 6.54 Å². The van der Waals surface area contributed by atoms with E-state index in [1.807, 2.05) is 72.2 Å². The highest BCUT2D eigenvalue weighted by atomic mass is 32.2. The van der Waals surface area contributed by atoms with E-state index in [-0.39, 0.29) is 5.78 Å². The van der Waals surface area contributed by atoms with Gasteiger partial charge >= 0.3 is 0 Å². The standard InChI is InChI=1S/C22H19N3O2S/c1-16-7-5-10-18(13-16)21-23-24-22(25(21)14-19-11-6-12-27-19)28-15-20(26)17-8-3-2-4-9-17/h2-13H,14-15H2,1H3. The molecule has 6 heteroatoms. The van der Waals surface area contributed by atoms with E-state index in [0.717, 1.165) is 22.7 Å². The number of aryl methyl sites for hydroxylation is 1. The number of carbonyl (C=O) groups is 1. The molecule has 0 spiro atoms.